The van der Waals surface area contributed by atoms with Crippen LogP contribution in [-0.4, -0.2) is 26.0 Å². The monoisotopic (exact) mass is 406 g/mol. The maximum absolute atomic E-state index is 12.6. The van der Waals surface area contributed by atoms with E-state index in [0.717, 1.165) is 11.1 Å². The first-order chi connectivity index (χ1) is 12.6. The van der Waals surface area contributed by atoms with Crippen LogP contribution in [0.25, 0.3) is 0 Å². The molecule has 0 saturated carbocycles. The molecule has 142 valence electrons. The number of hydrogen-bond donors (Lipinski definition) is 1. The van der Waals surface area contributed by atoms with Gasteiger partial charge in [0.25, 0.3) is 5.91 Å². The van der Waals surface area contributed by atoms with Gasteiger partial charge in [-0.25, -0.2) is 12.7 Å². The summed E-state index contributed by atoms with van der Waals surface area (Å²) in [7, 11) is -3.81. The highest BCUT2D eigenvalue weighted by Crippen LogP contribution is 2.34. The molecule has 1 unspecified atom stereocenters. The summed E-state index contributed by atoms with van der Waals surface area (Å²) in [6.45, 7) is 5.38. The van der Waals surface area contributed by atoms with Crippen LogP contribution in [0.3, 0.4) is 0 Å². The molecule has 6 nitrogen and oxygen atoms in total. The SMILES string of the molecule is Cc1ccc(NC(=O)c2ccc(Cl)c(N3C(=O)C(C)CS3(=O)=O)c2)c(C)c1. The second-order valence-electron chi connectivity index (χ2n) is 6.72. The summed E-state index contributed by atoms with van der Waals surface area (Å²) in [6, 6.07) is 9.86. The van der Waals surface area contributed by atoms with Crippen molar-refractivity contribution in [1.82, 2.24) is 0 Å². The topological polar surface area (TPSA) is 83.6 Å². The van der Waals surface area contributed by atoms with Gasteiger partial charge in [0.1, 0.15) is 0 Å². The standard InChI is InChI=1S/C19H19ClN2O4S/c1-11-4-7-16(12(2)8-11)21-18(23)14-5-6-15(20)17(9-14)22-19(24)13(3)10-27(22,25)26/h4-9,13H,10H2,1-3H3,(H,21,23). The third-order valence-electron chi connectivity index (χ3n) is 4.42. The van der Waals surface area contributed by atoms with Gasteiger partial charge in [0, 0.05) is 11.3 Å². The summed E-state index contributed by atoms with van der Waals surface area (Å²) in [4.78, 5) is 24.9. The molecule has 2 aromatic rings. The molecule has 2 amide bonds. The summed E-state index contributed by atoms with van der Waals surface area (Å²) < 4.78 is 25.4. The van der Waals surface area contributed by atoms with Crippen LogP contribution < -0.4 is 9.62 Å². The average molecular weight is 407 g/mol. The van der Waals surface area contributed by atoms with Crippen molar-refractivity contribution >= 4 is 44.8 Å². The maximum Gasteiger partial charge on any atom is 0.255 e. The number of carbonyl (C=O) groups is 2. The predicted molar refractivity (Wildman–Crippen MR) is 106 cm³/mol. The van der Waals surface area contributed by atoms with Crippen LogP contribution in [0.1, 0.15) is 28.4 Å². The van der Waals surface area contributed by atoms with E-state index in [1.807, 2.05) is 26.0 Å². The average Bonchev–Trinajstić information content (AvgIpc) is 2.78. The lowest BCUT2D eigenvalue weighted by Gasteiger charge is -2.18. The summed E-state index contributed by atoms with van der Waals surface area (Å²) in [6.07, 6.45) is 0. The summed E-state index contributed by atoms with van der Waals surface area (Å²) >= 11 is 6.13. The van der Waals surface area contributed by atoms with Crippen molar-refractivity contribution in [3.8, 4) is 0 Å². The number of hydrogen-bond acceptors (Lipinski definition) is 4. The third kappa shape index (κ3) is 3.70. The third-order valence-corrected chi connectivity index (χ3v) is 6.59. The van der Waals surface area contributed by atoms with Crippen LogP contribution in [0.15, 0.2) is 36.4 Å². The summed E-state index contributed by atoms with van der Waals surface area (Å²) in [5, 5.41) is 2.88. The molecule has 1 heterocycles. The number of sulfonamides is 1. The molecule has 1 saturated heterocycles. The first-order valence-electron chi connectivity index (χ1n) is 8.35. The lowest BCUT2D eigenvalue weighted by Crippen LogP contribution is -2.30. The quantitative estimate of drug-likeness (QED) is 0.845. The zero-order chi connectivity index (χ0) is 19.9. The number of rotatable bonds is 3. The van der Waals surface area contributed by atoms with Crippen molar-refractivity contribution in [2.24, 2.45) is 5.92 Å². The Morgan fingerprint density at radius 3 is 2.48 bits per heavy atom. The van der Waals surface area contributed by atoms with Gasteiger partial charge in [-0.1, -0.05) is 36.2 Å². The van der Waals surface area contributed by atoms with E-state index in [1.54, 1.807) is 13.0 Å². The largest absolute Gasteiger partial charge is 0.322 e. The van der Waals surface area contributed by atoms with E-state index in [2.05, 4.69) is 5.32 Å². The van der Waals surface area contributed by atoms with Gasteiger partial charge in [0.05, 0.1) is 22.4 Å². The van der Waals surface area contributed by atoms with Crippen LogP contribution in [0.5, 0.6) is 0 Å². The first-order valence-corrected chi connectivity index (χ1v) is 10.3. The molecule has 0 spiro atoms. The minimum Gasteiger partial charge on any atom is -0.322 e. The van der Waals surface area contributed by atoms with Gasteiger partial charge in [0.2, 0.25) is 15.9 Å². The van der Waals surface area contributed by atoms with Crippen molar-refractivity contribution in [3.63, 3.8) is 0 Å². The lowest BCUT2D eigenvalue weighted by molar-refractivity contribution is -0.119. The fourth-order valence-electron chi connectivity index (χ4n) is 3.03. The number of amides is 2. The number of benzene rings is 2. The molecule has 1 atom stereocenters. The molecule has 3 rings (SSSR count). The highest BCUT2D eigenvalue weighted by molar-refractivity contribution is 7.94. The molecular weight excluding hydrogens is 388 g/mol. The van der Waals surface area contributed by atoms with E-state index < -0.39 is 27.8 Å². The number of nitrogens with zero attached hydrogens (tertiary/aromatic N) is 1. The molecule has 1 aliphatic rings. The van der Waals surface area contributed by atoms with Gasteiger partial charge in [0.15, 0.2) is 0 Å². The van der Waals surface area contributed by atoms with Crippen molar-refractivity contribution in [1.29, 1.82) is 0 Å². The Bertz CT molecular complexity index is 1050. The molecule has 1 aliphatic heterocycles. The van der Waals surface area contributed by atoms with Gasteiger partial charge in [-0.3, -0.25) is 9.59 Å². The lowest BCUT2D eigenvalue weighted by atomic mass is 10.1. The van der Waals surface area contributed by atoms with E-state index in [4.69, 9.17) is 11.6 Å². The molecule has 2 aromatic carbocycles. The van der Waals surface area contributed by atoms with Crippen LogP contribution in [-0.2, 0) is 14.8 Å². The normalized spacial score (nSPS) is 18.6. The second-order valence-corrected chi connectivity index (χ2v) is 8.99. The smallest absolute Gasteiger partial charge is 0.255 e. The molecule has 0 aliphatic carbocycles. The van der Waals surface area contributed by atoms with Crippen molar-refractivity contribution < 1.29 is 18.0 Å². The summed E-state index contributed by atoms with van der Waals surface area (Å²) in [5.74, 6) is -1.90. The van der Waals surface area contributed by atoms with Crippen LogP contribution in [0.4, 0.5) is 11.4 Å². The Balaban J connectivity index is 1.96. The van der Waals surface area contributed by atoms with E-state index in [-0.39, 0.29) is 22.0 Å². The molecule has 0 aromatic heterocycles. The fourth-order valence-corrected chi connectivity index (χ4v) is 5.11. The van der Waals surface area contributed by atoms with Crippen LogP contribution >= 0.6 is 11.6 Å². The zero-order valence-electron chi connectivity index (χ0n) is 15.1. The second kappa shape index (κ2) is 6.98. The Kier molecular flexibility index (Phi) is 5.01. The zero-order valence-corrected chi connectivity index (χ0v) is 16.7. The van der Waals surface area contributed by atoms with E-state index in [9.17, 15) is 18.0 Å². The number of carbonyl (C=O) groups excluding carboxylic acids is 2. The van der Waals surface area contributed by atoms with Gasteiger partial charge >= 0.3 is 0 Å². The molecule has 8 heteroatoms. The predicted octanol–water partition coefficient (Wildman–Crippen LogP) is 3.52. The molecule has 1 N–H and O–H groups in total. The van der Waals surface area contributed by atoms with Gasteiger partial charge in [-0.05, 0) is 43.7 Å². The summed E-state index contributed by atoms with van der Waals surface area (Å²) in [5.41, 5.74) is 2.84. The van der Waals surface area contributed by atoms with E-state index >= 15 is 0 Å². The first kappa shape index (κ1) is 19.4. The number of nitrogens with one attached hydrogen (secondary N) is 1. The molecule has 0 bridgehead atoms. The Hall–Kier alpha value is -2.38. The van der Waals surface area contributed by atoms with Crippen LogP contribution in [0, 0.1) is 19.8 Å². The Morgan fingerprint density at radius 1 is 1.19 bits per heavy atom. The highest BCUT2D eigenvalue weighted by Gasteiger charge is 2.43. The number of halogens is 1. The molecule has 27 heavy (non-hydrogen) atoms. The highest BCUT2D eigenvalue weighted by atomic mass is 35.5. The minimum absolute atomic E-state index is 0.000653. The molecule has 1 fully saturated rings. The van der Waals surface area contributed by atoms with E-state index in [0.29, 0.717) is 9.99 Å². The van der Waals surface area contributed by atoms with E-state index in [1.165, 1.54) is 18.2 Å². The van der Waals surface area contributed by atoms with Crippen molar-refractivity contribution in [2.45, 2.75) is 20.8 Å². The minimum atomic E-state index is -3.81. The molecular formula is C19H19ClN2O4S. The van der Waals surface area contributed by atoms with Gasteiger partial charge < -0.3 is 5.32 Å². The fraction of sp³-hybridized carbons (Fsp3) is 0.263. The van der Waals surface area contributed by atoms with Crippen molar-refractivity contribution in [2.75, 3.05) is 15.4 Å². The van der Waals surface area contributed by atoms with Crippen LogP contribution in [0.2, 0.25) is 5.02 Å². The van der Waals surface area contributed by atoms with Gasteiger partial charge in [-0.15, -0.1) is 0 Å². The Morgan fingerprint density at radius 2 is 1.89 bits per heavy atom. The Labute approximate surface area is 163 Å². The van der Waals surface area contributed by atoms with Crippen molar-refractivity contribution in [3.05, 3.63) is 58.1 Å². The maximum atomic E-state index is 12.6. The number of anilines is 2. The number of aryl methyl sites for hydroxylation is 2. The van der Waals surface area contributed by atoms with Gasteiger partial charge in [-0.2, -0.15) is 0 Å². The molecule has 0 radical (unpaired) electrons.